The lowest BCUT2D eigenvalue weighted by Gasteiger charge is -2.09. The van der Waals surface area contributed by atoms with Crippen LogP contribution in [0.5, 0.6) is 0 Å². The Kier molecular flexibility index (Phi) is 7.15. The molecule has 168 valence electrons. The second-order valence-electron chi connectivity index (χ2n) is 7.98. The van der Waals surface area contributed by atoms with E-state index in [-0.39, 0.29) is 11.8 Å². The van der Waals surface area contributed by atoms with Crippen LogP contribution in [0.15, 0.2) is 83.9 Å². The summed E-state index contributed by atoms with van der Waals surface area (Å²) in [5.41, 5.74) is 4.67. The molecule has 1 heterocycles. The van der Waals surface area contributed by atoms with E-state index in [1.54, 1.807) is 0 Å². The molecule has 4 aromatic rings. The number of fused-ring (bicyclic) bond motifs is 1. The number of aryl methyl sites for hydroxylation is 2. The number of carbonyl (C=O) groups is 2. The summed E-state index contributed by atoms with van der Waals surface area (Å²) in [5, 5.41) is 7.08. The summed E-state index contributed by atoms with van der Waals surface area (Å²) in [6.07, 6.45) is 2.06. The zero-order valence-corrected chi connectivity index (χ0v) is 19.6. The Hall–Kier alpha value is -3.51. The van der Waals surface area contributed by atoms with Crippen molar-refractivity contribution >= 4 is 40.2 Å². The van der Waals surface area contributed by atoms with Crippen molar-refractivity contribution < 1.29 is 9.59 Å². The van der Waals surface area contributed by atoms with Crippen LogP contribution in [0.4, 0.5) is 5.69 Å². The second-order valence-corrected chi connectivity index (χ2v) is 9.00. The molecule has 3 aromatic carbocycles. The van der Waals surface area contributed by atoms with E-state index in [1.165, 1.54) is 11.8 Å². The maximum atomic E-state index is 12.5. The first-order valence-electron chi connectivity index (χ1n) is 10.9. The summed E-state index contributed by atoms with van der Waals surface area (Å²) in [4.78, 5) is 26.0. The first kappa shape index (κ1) is 22.7. The van der Waals surface area contributed by atoms with E-state index in [0.29, 0.717) is 24.4 Å². The third-order valence-corrected chi connectivity index (χ3v) is 6.48. The number of para-hydroxylation sites is 1. The van der Waals surface area contributed by atoms with E-state index < -0.39 is 0 Å². The minimum Gasteiger partial charge on any atom is -0.350 e. The normalized spacial score (nSPS) is 10.8. The van der Waals surface area contributed by atoms with E-state index in [4.69, 9.17) is 0 Å². The van der Waals surface area contributed by atoms with Crippen molar-refractivity contribution in [1.82, 2.24) is 9.88 Å². The van der Waals surface area contributed by atoms with Crippen LogP contribution in [0.25, 0.3) is 10.9 Å². The molecule has 2 N–H and O–H groups in total. The summed E-state index contributed by atoms with van der Waals surface area (Å²) < 4.78 is 2.13. The predicted molar refractivity (Wildman–Crippen MR) is 136 cm³/mol. The average Bonchev–Trinajstić information content (AvgIpc) is 3.16. The zero-order valence-electron chi connectivity index (χ0n) is 18.8. The molecule has 0 aliphatic rings. The molecule has 0 bridgehead atoms. The van der Waals surface area contributed by atoms with Gasteiger partial charge in [0.1, 0.15) is 0 Å². The molecule has 0 saturated heterocycles. The summed E-state index contributed by atoms with van der Waals surface area (Å²) in [6, 6.07) is 23.5. The molecule has 0 spiro atoms. The number of aromatic nitrogens is 1. The third-order valence-electron chi connectivity index (χ3n) is 5.44. The Bertz CT molecular complexity index is 1300. The summed E-state index contributed by atoms with van der Waals surface area (Å²) in [5.74, 6) is 0.228. The van der Waals surface area contributed by atoms with E-state index >= 15 is 0 Å². The van der Waals surface area contributed by atoms with E-state index in [0.717, 1.165) is 32.6 Å². The fourth-order valence-electron chi connectivity index (χ4n) is 3.79. The molecule has 0 aliphatic carbocycles. The maximum absolute atomic E-state index is 12.5. The Balaban J connectivity index is 1.39. The van der Waals surface area contributed by atoms with Crippen LogP contribution in [-0.4, -0.2) is 28.7 Å². The minimum absolute atomic E-state index is 0.0343. The van der Waals surface area contributed by atoms with Gasteiger partial charge in [0.2, 0.25) is 5.91 Å². The lowest BCUT2D eigenvalue weighted by molar-refractivity contribution is -0.113. The number of thioether (sulfide) groups is 1. The van der Waals surface area contributed by atoms with Gasteiger partial charge in [0.25, 0.3) is 5.91 Å². The fourth-order valence-corrected chi connectivity index (χ4v) is 4.68. The first-order chi connectivity index (χ1) is 16.0. The van der Waals surface area contributed by atoms with Crippen LogP contribution in [0.1, 0.15) is 21.5 Å². The molecule has 4 rings (SSSR count). The molecule has 2 amide bonds. The Labute approximate surface area is 198 Å². The van der Waals surface area contributed by atoms with Crippen molar-refractivity contribution in [3.8, 4) is 0 Å². The minimum atomic E-state index is -0.0630. The standard InChI is InChI=1S/C27H27N3O2S/c1-19-8-7-10-21(16-19)29-26(31)18-33-25-17-30(24-13-6-5-12-23(24)25)15-14-28-27(32)22-11-4-3-9-20(22)2/h3-13,16-17H,14-15,18H2,1-2H3,(H,28,32)(H,29,31). The van der Waals surface area contributed by atoms with Gasteiger partial charge in [-0.1, -0.05) is 48.5 Å². The van der Waals surface area contributed by atoms with Crippen molar-refractivity contribution in [2.75, 3.05) is 17.6 Å². The number of nitrogens with one attached hydrogen (secondary N) is 2. The molecule has 0 aliphatic heterocycles. The third kappa shape index (κ3) is 5.65. The highest BCUT2D eigenvalue weighted by Crippen LogP contribution is 2.30. The van der Waals surface area contributed by atoms with Crippen molar-refractivity contribution in [2.24, 2.45) is 0 Å². The van der Waals surface area contributed by atoms with Crippen molar-refractivity contribution in [2.45, 2.75) is 25.3 Å². The topological polar surface area (TPSA) is 63.1 Å². The van der Waals surface area contributed by atoms with Crippen LogP contribution in [-0.2, 0) is 11.3 Å². The van der Waals surface area contributed by atoms with Gasteiger partial charge in [0.05, 0.1) is 5.75 Å². The summed E-state index contributed by atoms with van der Waals surface area (Å²) >= 11 is 1.52. The Morgan fingerprint density at radius 3 is 2.55 bits per heavy atom. The highest BCUT2D eigenvalue weighted by atomic mass is 32.2. The van der Waals surface area contributed by atoms with E-state index in [1.807, 2.05) is 74.5 Å². The van der Waals surface area contributed by atoms with Crippen LogP contribution < -0.4 is 10.6 Å². The highest BCUT2D eigenvalue weighted by molar-refractivity contribution is 8.00. The lowest BCUT2D eigenvalue weighted by Crippen LogP contribution is -2.27. The number of rotatable bonds is 8. The molecule has 6 heteroatoms. The van der Waals surface area contributed by atoms with Gasteiger partial charge in [-0.2, -0.15) is 0 Å². The Morgan fingerprint density at radius 2 is 1.73 bits per heavy atom. The van der Waals surface area contributed by atoms with Gasteiger partial charge in [-0.15, -0.1) is 11.8 Å². The van der Waals surface area contributed by atoms with Crippen molar-refractivity contribution in [3.63, 3.8) is 0 Å². The predicted octanol–water partition coefficient (Wildman–Crippen LogP) is 5.42. The van der Waals surface area contributed by atoms with Crippen LogP contribution in [0, 0.1) is 13.8 Å². The van der Waals surface area contributed by atoms with E-state index in [9.17, 15) is 9.59 Å². The average molecular weight is 458 g/mol. The van der Waals surface area contributed by atoms with Crippen LogP contribution in [0.3, 0.4) is 0 Å². The molecule has 0 fully saturated rings. The van der Waals surface area contributed by atoms with E-state index in [2.05, 4.69) is 33.5 Å². The largest absolute Gasteiger partial charge is 0.350 e. The van der Waals surface area contributed by atoms with Gasteiger partial charge < -0.3 is 15.2 Å². The highest BCUT2D eigenvalue weighted by Gasteiger charge is 2.12. The smallest absolute Gasteiger partial charge is 0.251 e. The van der Waals surface area contributed by atoms with Crippen LogP contribution >= 0.6 is 11.8 Å². The molecule has 0 saturated carbocycles. The molecular formula is C27H27N3O2S. The Morgan fingerprint density at radius 1 is 0.939 bits per heavy atom. The van der Waals surface area contributed by atoms with Gasteiger partial charge in [-0.05, 0) is 49.2 Å². The lowest BCUT2D eigenvalue weighted by atomic mass is 10.1. The second kappa shape index (κ2) is 10.4. The number of anilines is 1. The van der Waals surface area contributed by atoms with Crippen molar-refractivity contribution in [1.29, 1.82) is 0 Å². The summed E-state index contributed by atoms with van der Waals surface area (Å²) in [6.45, 7) is 5.10. The quantitative estimate of drug-likeness (QED) is 0.347. The number of hydrogen-bond acceptors (Lipinski definition) is 3. The van der Waals surface area contributed by atoms with Crippen LogP contribution in [0.2, 0.25) is 0 Å². The van der Waals surface area contributed by atoms with Gasteiger partial charge >= 0.3 is 0 Å². The molecular weight excluding hydrogens is 430 g/mol. The number of benzene rings is 3. The molecule has 1 aromatic heterocycles. The number of carbonyl (C=O) groups excluding carboxylic acids is 2. The zero-order chi connectivity index (χ0) is 23.2. The summed E-state index contributed by atoms with van der Waals surface area (Å²) in [7, 11) is 0. The number of hydrogen-bond donors (Lipinski definition) is 2. The molecule has 0 atom stereocenters. The maximum Gasteiger partial charge on any atom is 0.251 e. The SMILES string of the molecule is Cc1cccc(NC(=O)CSc2cn(CCNC(=O)c3ccccc3C)c3ccccc23)c1. The molecule has 0 unspecified atom stereocenters. The van der Waals surface area contributed by atoms with Gasteiger partial charge in [-0.3, -0.25) is 9.59 Å². The molecule has 33 heavy (non-hydrogen) atoms. The monoisotopic (exact) mass is 457 g/mol. The first-order valence-corrected chi connectivity index (χ1v) is 11.9. The van der Waals surface area contributed by atoms with Gasteiger partial charge in [-0.25, -0.2) is 0 Å². The van der Waals surface area contributed by atoms with Crippen molar-refractivity contribution in [3.05, 3.63) is 95.7 Å². The number of amides is 2. The van der Waals surface area contributed by atoms with Gasteiger partial charge in [0, 0.05) is 46.3 Å². The molecule has 5 nitrogen and oxygen atoms in total. The van der Waals surface area contributed by atoms with Gasteiger partial charge in [0.15, 0.2) is 0 Å². The molecule has 0 radical (unpaired) electrons. The number of nitrogens with zero attached hydrogens (tertiary/aromatic N) is 1. The fraction of sp³-hybridized carbons (Fsp3) is 0.185.